The van der Waals surface area contributed by atoms with Gasteiger partial charge >= 0.3 is 24.7 Å². The van der Waals surface area contributed by atoms with E-state index >= 15 is 26.3 Å². The summed E-state index contributed by atoms with van der Waals surface area (Å²) in [5, 5.41) is -0.187. The predicted molar refractivity (Wildman–Crippen MR) is 157 cm³/mol. The maximum atomic E-state index is 15.4. The van der Waals surface area contributed by atoms with Crippen molar-refractivity contribution < 1.29 is 88.8 Å². The maximum absolute atomic E-state index is 15.4. The highest BCUT2D eigenvalue weighted by Gasteiger charge is 2.50. The summed E-state index contributed by atoms with van der Waals surface area (Å²) in [7, 11) is 0. The van der Waals surface area contributed by atoms with Gasteiger partial charge in [0.05, 0.1) is 5.56 Å². The van der Waals surface area contributed by atoms with E-state index in [9.17, 15) is 48.3 Å². The zero-order valence-corrected chi connectivity index (χ0v) is 26.6. The summed E-state index contributed by atoms with van der Waals surface area (Å²) in [6.45, 7) is 1.67. The van der Waals surface area contributed by atoms with Crippen LogP contribution < -0.4 is 9.47 Å². The minimum absolute atomic E-state index is 0.0318. The Kier molecular flexibility index (Phi) is 10.6. The molecule has 0 heterocycles. The zero-order valence-electron chi connectivity index (χ0n) is 26.6. The molecule has 0 aliphatic carbocycles. The van der Waals surface area contributed by atoms with Crippen molar-refractivity contribution in [3.05, 3.63) is 136 Å². The van der Waals surface area contributed by atoms with Gasteiger partial charge in [0.15, 0.2) is 0 Å². The van der Waals surface area contributed by atoms with Crippen molar-refractivity contribution in [1.29, 1.82) is 0 Å². The van der Waals surface area contributed by atoms with Gasteiger partial charge in [0.2, 0.25) is 0 Å². The van der Waals surface area contributed by atoms with Crippen LogP contribution >= 0.6 is 0 Å². The standard InChI is InChI=1S/C35H15F17O3/c1-2-3-14-4-5-19-15(6-14)7-20(36)27(31(19)43)16-8-21(37)28(22(38)9-16)32(44,45)53-17-10-23(39)29(24(40)11-17)33(46,47)54-18-12-25(41)30(26(42)13-18)34(48,49)55-35(50,51)52/h2-13H,1H3/b3-2+. The quantitative estimate of drug-likeness (QED) is 0.132. The molecule has 5 rings (SSSR count). The molecule has 292 valence electrons. The Balaban J connectivity index is 1.42. The Morgan fingerprint density at radius 3 is 1.33 bits per heavy atom. The molecule has 0 atom stereocenters. The van der Waals surface area contributed by atoms with Gasteiger partial charge in [-0.1, -0.05) is 24.3 Å². The molecule has 5 aromatic rings. The summed E-state index contributed by atoms with van der Waals surface area (Å²) in [4.78, 5) is 0. The van der Waals surface area contributed by atoms with Gasteiger partial charge in [0.25, 0.3) is 0 Å². The van der Waals surface area contributed by atoms with Gasteiger partial charge < -0.3 is 9.47 Å². The first-order valence-electron chi connectivity index (χ1n) is 14.7. The lowest BCUT2D eigenvalue weighted by molar-refractivity contribution is -0.432. The summed E-state index contributed by atoms with van der Waals surface area (Å²) in [6.07, 6.45) is -19.3. The Bertz CT molecular complexity index is 2270. The second-order valence-corrected chi connectivity index (χ2v) is 11.2. The molecular formula is C35H15F17O3. The topological polar surface area (TPSA) is 27.7 Å². The lowest BCUT2D eigenvalue weighted by atomic mass is 9.96. The highest BCUT2D eigenvalue weighted by Crippen LogP contribution is 2.44. The third kappa shape index (κ3) is 8.27. The first-order chi connectivity index (χ1) is 25.3. The highest BCUT2D eigenvalue weighted by molar-refractivity contribution is 5.90. The molecule has 0 saturated carbocycles. The van der Waals surface area contributed by atoms with Crippen LogP contribution in [0.1, 0.15) is 29.2 Å². The van der Waals surface area contributed by atoms with Gasteiger partial charge in [0, 0.05) is 29.7 Å². The Hall–Kier alpha value is -5.53. The largest absolute Gasteiger partial charge is 0.527 e. The van der Waals surface area contributed by atoms with E-state index in [0.717, 1.165) is 6.07 Å². The van der Waals surface area contributed by atoms with Crippen LogP contribution in [0.5, 0.6) is 11.5 Å². The van der Waals surface area contributed by atoms with Crippen LogP contribution in [-0.2, 0) is 23.1 Å². The van der Waals surface area contributed by atoms with Crippen molar-refractivity contribution in [2.24, 2.45) is 0 Å². The number of allylic oxidation sites excluding steroid dienone is 1. The van der Waals surface area contributed by atoms with Gasteiger partial charge in [-0.2, -0.15) is 26.3 Å². The number of halogens is 17. The van der Waals surface area contributed by atoms with Gasteiger partial charge in [-0.05, 0) is 47.7 Å². The predicted octanol–water partition coefficient (Wildman–Crippen LogP) is 12.5. The number of hydrogen-bond acceptors (Lipinski definition) is 3. The fourth-order valence-corrected chi connectivity index (χ4v) is 5.27. The Morgan fingerprint density at radius 2 is 0.909 bits per heavy atom. The Labute approximate surface area is 295 Å². The lowest BCUT2D eigenvalue weighted by Crippen LogP contribution is -2.30. The fourth-order valence-electron chi connectivity index (χ4n) is 5.27. The Morgan fingerprint density at radius 1 is 0.491 bits per heavy atom. The van der Waals surface area contributed by atoms with Crippen molar-refractivity contribution in [3.63, 3.8) is 0 Å². The summed E-state index contributed by atoms with van der Waals surface area (Å²) < 4.78 is 252. The van der Waals surface area contributed by atoms with E-state index in [1.54, 1.807) is 19.1 Å². The van der Waals surface area contributed by atoms with Crippen LogP contribution in [0.3, 0.4) is 0 Å². The minimum atomic E-state index is -6.15. The summed E-state index contributed by atoms with van der Waals surface area (Å²) in [5.41, 5.74) is -8.90. The lowest BCUT2D eigenvalue weighted by Gasteiger charge is -2.23. The third-order valence-electron chi connectivity index (χ3n) is 7.38. The van der Waals surface area contributed by atoms with E-state index in [1.165, 1.54) is 18.2 Å². The maximum Gasteiger partial charge on any atom is 0.527 e. The molecule has 0 saturated heterocycles. The molecule has 0 fully saturated rings. The second kappa shape index (κ2) is 14.3. The number of rotatable bonds is 10. The number of fused-ring (bicyclic) bond motifs is 1. The smallest absolute Gasteiger partial charge is 0.429 e. The molecule has 0 unspecified atom stereocenters. The third-order valence-corrected chi connectivity index (χ3v) is 7.38. The van der Waals surface area contributed by atoms with Crippen LogP contribution in [0, 0.1) is 46.5 Å². The van der Waals surface area contributed by atoms with E-state index < -0.39 is 135 Å². The van der Waals surface area contributed by atoms with Crippen LogP contribution in [0.4, 0.5) is 74.6 Å². The molecule has 3 nitrogen and oxygen atoms in total. The molecule has 20 heteroatoms. The van der Waals surface area contributed by atoms with Crippen LogP contribution in [0.15, 0.2) is 66.7 Å². The van der Waals surface area contributed by atoms with Crippen molar-refractivity contribution in [2.75, 3.05) is 0 Å². The molecule has 0 bridgehead atoms. The normalized spacial score (nSPS) is 12.9. The van der Waals surface area contributed by atoms with Gasteiger partial charge in [0.1, 0.15) is 74.7 Å². The van der Waals surface area contributed by atoms with E-state index in [2.05, 4.69) is 14.2 Å². The van der Waals surface area contributed by atoms with Crippen LogP contribution in [0.25, 0.3) is 28.0 Å². The summed E-state index contributed by atoms with van der Waals surface area (Å²) >= 11 is 0. The van der Waals surface area contributed by atoms with E-state index in [4.69, 9.17) is 0 Å². The average molecular weight is 806 g/mol. The van der Waals surface area contributed by atoms with Crippen molar-refractivity contribution in [2.45, 2.75) is 31.6 Å². The molecule has 0 spiro atoms. The average Bonchev–Trinajstić information content (AvgIpc) is 2.97. The molecule has 0 aromatic heterocycles. The number of ether oxygens (including phenoxy) is 3. The summed E-state index contributed by atoms with van der Waals surface area (Å²) in [6, 6.07) is 3.16. The SMILES string of the molecule is C/C=C/c1ccc2c(F)c(-c3cc(F)c(C(F)(F)Oc4cc(F)c(C(F)(F)Oc5cc(F)c(C(F)(F)OC(F)(F)F)c(F)c5)c(F)c4)c(F)c3)c(F)cc2c1. The van der Waals surface area contributed by atoms with E-state index in [0.29, 0.717) is 5.56 Å². The van der Waals surface area contributed by atoms with E-state index in [1.807, 2.05) is 0 Å². The molecule has 5 aromatic carbocycles. The number of alkyl halides is 9. The number of hydrogen-bond donors (Lipinski definition) is 0. The monoisotopic (exact) mass is 806 g/mol. The molecular weight excluding hydrogens is 791 g/mol. The molecule has 0 aliphatic heterocycles. The first kappa shape index (κ1) is 40.7. The second-order valence-electron chi connectivity index (χ2n) is 11.2. The van der Waals surface area contributed by atoms with Gasteiger partial charge in [-0.15, -0.1) is 13.2 Å². The molecule has 0 N–H and O–H groups in total. The number of benzene rings is 5. The van der Waals surface area contributed by atoms with Crippen molar-refractivity contribution >= 4 is 16.8 Å². The van der Waals surface area contributed by atoms with Crippen molar-refractivity contribution in [1.82, 2.24) is 0 Å². The van der Waals surface area contributed by atoms with Gasteiger partial charge in [-0.25, -0.2) is 39.9 Å². The fraction of sp³-hybridized carbons (Fsp3) is 0.143. The van der Waals surface area contributed by atoms with Crippen molar-refractivity contribution in [3.8, 4) is 22.6 Å². The minimum Gasteiger partial charge on any atom is -0.429 e. The highest BCUT2D eigenvalue weighted by atomic mass is 19.4. The van der Waals surface area contributed by atoms with Gasteiger partial charge in [-0.3, -0.25) is 0 Å². The summed E-state index contributed by atoms with van der Waals surface area (Å²) in [5.74, 6) is -21.0. The molecule has 0 amide bonds. The van der Waals surface area contributed by atoms with Crippen LogP contribution in [-0.4, -0.2) is 6.36 Å². The van der Waals surface area contributed by atoms with E-state index in [-0.39, 0.29) is 22.9 Å². The van der Waals surface area contributed by atoms with Crippen LogP contribution in [0.2, 0.25) is 0 Å². The molecule has 0 aliphatic rings. The molecule has 0 radical (unpaired) electrons. The zero-order chi connectivity index (χ0) is 41.0. The first-order valence-corrected chi connectivity index (χ1v) is 14.7. The molecule has 55 heavy (non-hydrogen) atoms.